The van der Waals surface area contributed by atoms with E-state index in [-0.39, 0.29) is 15.7 Å². The second-order valence-electron chi connectivity index (χ2n) is 6.53. The molecule has 1 N–H and O–H groups in total. The van der Waals surface area contributed by atoms with Gasteiger partial charge in [-0.25, -0.2) is 0 Å². The van der Waals surface area contributed by atoms with Crippen LogP contribution in [0, 0.1) is 11.3 Å². The molecule has 0 bridgehead atoms. The average molecular weight is 449 g/mol. The van der Waals surface area contributed by atoms with Gasteiger partial charge in [-0.3, -0.25) is 0 Å². The molecule has 1 unspecified atom stereocenters. The van der Waals surface area contributed by atoms with Gasteiger partial charge in [0.1, 0.15) is 0 Å². The van der Waals surface area contributed by atoms with Crippen LogP contribution >= 0.6 is 0 Å². The van der Waals surface area contributed by atoms with E-state index >= 15 is 0 Å². The third kappa shape index (κ3) is 3.32. The molecule has 4 rings (SSSR count). The van der Waals surface area contributed by atoms with E-state index in [1.807, 2.05) is 34.9 Å². The van der Waals surface area contributed by atoms with Gasteiger partial charge in [0.05, 0.1) is 0 Å². The fraction of sp³-hybridized carbons (Fsp3) is 0.143. The van der Waals surface area contributed by atoms with Crippen molar-refractivity contribution in [3.05, 3.63) is 64.8 Å². The molecule has 0 amide bonds. The molecule has 0 aliphatic carbocycles. The van der Waals surface area contributed by atoms with Crippen LogP contribution in [0.2, 0.25) is 0 Å². The Labute approximate surface area is 172 Å². The zero-order valence-electron chi connectivity index (χ0n) is 15.5. The number of carbonyl (C=O) groups is 2. The SMILES string of the molecule is CON=C1CCn2c(C(=O)[AsH]c3ccc(C#N)cc3C(=O)O)cc3cccc1c32. The number of aromatic carboxylic acids is 1. The van der Waals surface area contributed by atoms with E-state index in [9.17, 15) is 14.7 Å². The Bertz CT molecular complexity index is 1240. The topological polar surface area (TPSA) is 105 Å². The van der Waals surface area contributed by atoms with E-state index in [1.54, 1.807) is 12.1 Å². The minimum atomic E-state index is -1.42. The maximum absolute atomic E-state index is 13.2. The Morgan fingerprint density at radius 1 is 1.28 bits per heavy atom. The van der Waals surface area contributed by atoms with E-state index in [4.69, 9.17) is 10.1 Å². The number of para-hydroxylation sites is 1. The summed E-state index contributed by atoms with van der Waals surface area (Å²) in [6, 6.07) is 14.1. The number of aromatic nitrogens is 1. The molecule has 29 heavy (non-hydrogen) atoms. The zero-order valence-corrected chi connectivity index (χ0v) is 17.6. The third-order valence-electron chi connectivity index (χ3n) is 4.86. The molecular formula is C21H16AsN3O4. The summed E-state index contributed by atoms with van der Waals surface area (Å²) in [5.74, 6) is -1.13. The maximum atomic E-state index is 13.2. The van der Waals surface area contributed by atoms with Crippen molar-refractivity contribution in [1.82, 2.24) is 4.57 Å². The van der Waals surface area contributed by atoms with Gasteiger partial charge >= 0.3 is 173 Å². The van der Waals surface area contributed by atoms with Gasteiger partial charge < -0.3 is 0 Å². The molecule has 0 fully saturated rings. The second-order valence-corrected chi connectivity index (χ2v) is 9.13. The van der Waals surface area contributed by atoms with Crippen molar-refractivity contribution in [2.24, 2.45) is 5.16 Å². The van der Waals surface area contributed by atoms with Crippen LogP contribution in [0.3, 0.4) is 0 Å². The van der Waals surface area contributed by atoms with Crippen LogP contribution in [0.5, 0.6) is 0 Å². The van der Waals surface area contributed by atoms with Crippen LogP contribution in [0.1, 0.15) is 38.4 Å². The number of carboxylic acids is 1. The summed E-state index contributed by atoms with van der Waals surface area (Å²) in [5, 5.41) is 23.5. The van der Waals surface area contributed by atoms with Gasteiger partial charge in [0.25, 0.3) is 0 Å². The number of oxime groups is 1. The first-order chi connectivity index (χ1) is 14.0. The molecule has 1 aliphatic heterocycles. The quantitative estimate of drug-likeness (QED) is 0.473. The monoisotopic (exact) mass is 449 g/mol. The number of carbonyl (C=O) groups excluding carboxylic acids is 1. The Morgan fingerprint density at radius 3 is 2.83 bits per heavy atom. The second kappa shape index (κ2) is 7.57. The van der Waals surface area contributed by atoms with Crippen LogP contribution in [0.4, 0.5) is 0 Å². The third-order valence-corrected chi connectivity index (χ3v) is 7.36. The molecule has 1 atom stereocenters. The van der Waals surface area contributed by atoms with Crippen molar-refractivity contribution in [2.75, 3.05) is 7.11 Å². The summed E-state index contributed by atoms with van der Waals surface area (Å²) in [7, 11) is 1.51. The number of hydrogen-bond donors (Lipinski definition) is 1. The predicted molar refractivity (Wildman–Crippen MR) is 109 cm³/mol. The molecule has 1 aliphatic rings. The Hall–Kier alpha value is -3.36. The van der Waals surface area contributed by atoms with Crippen molar-refractivity contribution in [1.29, 1.82) is 5.26 Å². The number of rotatable bonds is 5. The number of benzene rings is 2. The van der Waals surface area contributed by atoms with E-state index < -0.39 is 21.7 Å². The first kappa shape index (κ1) is 19.0. The van der Waals surface area contributed by atoms with Crippen molar-refractivity contribution >= 4 is 47.3 Å². The van der Waals surface area contributed by atoms with Crippen molar-refractivity contribution in [3.63, 3.8) is 0 Å². The van der Waals surface area contributed by atoms with E-state index in [0.29, 0.717) is 23.0 Å². The molecule has 8 heteroatoms. The van der Waals surface area contributed by atoms with Gasteiger partial charge in [0, 0.05) is 0 Å². The zero-order chi connectivity index (χ0) is 20.5. The molecule has 2 aromatic carbocycles. The van der Waals surface area contributed by atoms with Gasteiger partial charge in [-0.1, -0.05) is 0 Å². The van der Waals surface area contributed by atoms with E-state index in [1.165, 1.54) is 13.2 Å². The summed E-state index contributed by atoms with van der Waals surface area (Å²) in [4.78, 5) is 29.7. The fourth-order valence-corrected chi connectivity index (χ4v) is 5.85. The van der Waals surface area contributed by atoms with E-state index in [0.717, 1.165) is 22.2 Å². The van der Waals surface area contributed by atoms with Crippen LogP contribution in [0.25, 0.3) is 10.9 Å². The van der Waals surface area contributed by atoms with Crippen LogP contribution in [0.15, 0.2) is 47.6 Å². The van der Waals surface area contributed by atoms with Crippen LogP contribution in [-0.2, 0) is 11.4 Å². The predicted octanol–water partition coefficient (Wildman–Crippen LogP) is 1.87. The molecule has 0 saturated carbocycles. The van der Waals surface area contributed by atoms with Gasteiger partial charge in [-0.15, -0.1) is 0 Å². The summed E-state index contributed by atoms with van der Waals surface area (Å²) >= 11 is -1.42. The summed E-state index contributed by atoms with van der Waals surface area (Å²) in [6.45, 7) is 0.606. The molecule has 144 valence electrons. The summed E-state index contributed by atoms with van der Waals surface area (Å²) < 4.78 is 2.46. The normalized spacial score (nSPS) is 14.4. The molecule has 1 aromatic heterocycles. The minimum absolute atomic E-state index is 0.0300. The van der Waals surface area contributed by atoms with Gasteiger partial charge in [0.2, 0.25) is 0 Å². The molecule has 0 saturated heterocycles. The standard InChI is InChI=1S/C21H16AsN3O4/c1-29-24-17-7-8-25-18(10-13-3-2-4-14(17)19(13)25)20(26)22-16-6-5-12(11-23)9-15(16)21(27)28/h2-6,9-10,22H,7-8H2,1H3,(H,27,28). The Kier molecular flexibility index (Phi) is 4.96. The number of nitriles is 1. The van der Waals surface area contributed by atoms with Crippen LogP contribution < -0.4 is 4.35 Å². The van der Waals surface area contributed by atoms with Crippen molar-refractivity contribution in [2.45, 2.75) is 13.0 Å². The van der Waals surface area contributed by atoms with Crippen LogP contribution in [-0.4, -0.2) is 48.8 Å². The summed E-state index contributed by atoms with van der Waals surface area (Å²) in [5.41, 5.74) is 3.62. The van der Waals surface area contributed by atoms with Gasteiger partial charge in [0.15, 0.2) is 0 Å². The first-order valence-corrected chi connectivity index (χ1v) is 10.9. The average Bonchev–Trinajstić information content (AvgIpc) is 3.10. The van der Waals surface area contributed by atoms with Gasteiger partial charge in [-0.2, -0.15) is 0 Å². The first-order valence-electron chi connectivity index (χ1n) is 8.85. The molecule has 3 aromatic rings. The Balaban J connectivity index is 1.76. The molecule has 7 nitrogen and oxygen atoms in total. The number of carboxylic acid groups (broad SMARTS) is 1. The molecular weight excluding hydrogens is 433 g/mol. The molecule has 0 radical (unpaired) electrons. The van der Waals surface area contributed by atoms with Crippen molar-refractivity contribution < 1.29 is 19.5 Å². The summed E-state index contributed by atoms with van der Waals surface area (Å²) in [6.07, 6.45) is 0.645. The molecule has 0 spiro atoms. The van der Waals surface area contributed by atoms with Gasteiger partial charge in [-0.05, 0) is 0 Å². The Morgan fingerprint density at radius 2 is 2.10 bits per heavy atom. The number of nitrogens with zero attached hydrogens (tertiary/aromatic N) is 3. The molecule has 2 heterocycles. The van der Waals surface area contributed by atoms with Crippen molar-refractivity contribution in [3.8, 4) is 6.07 Å². The fourth-order valence-electron chi connectivity index (χ4n) is 3.62. The number of hydrogen-bond acceptors (Lipinski definition) is 5. The number of aryl methyl sites for hydroxylation is 1. The van der Waals surface area contributed by atoms with E-state index in [2.05, 4.69) is 5.16 Å².